The molecule has 0 fully saturated rings. The van der Waals surface area contributed by atoms with Gasteiger partial charge in [0.15, 0.2) is 17.5 Å². The zero-order valence-corrected chi connectivity index (χ0v) is 16.5. The number of hydrogen-bond acceptors (Lipinski definition) is 4. The lowest BCUT2D eigenvalue weighted by atomic mass is 10.2. The van der Waals surface area contributed by atoms with Crippen LogP contribution in [0.2, 0.25) is 0 Å². The fourth-order valence-electron chi connectivity index (χ4n) is 2.59. The summed E-state index contributed by atoms with van der Waals surface area (Å²) in [7, 11) is 3.27. The number of rotatable bonds is 9. The first-order valence-corrected chi connectivity index (χ1v) is 9.15. The Labute approximate surface area is 161 Å². The second-order valence-corrected chi connectivity index (χ2v) is 5.82. The summed E-state index contributed by atoms with van der Waals surface area (Å²) in [5, 5.41) is 6.61. The normalized spacial score (nSPS) is 11.0. The van der Waals surface area contributed by atoms with Gasteiger partial charge >= 0.3 is 0 Å². The van der Waals surface area contributed by atoms with Gasteiger partial charge in [-0.1, -0.05) is 18.2 Å². The molecule has 2 N–H and O–H groups in total. The summed E-state index contributed by atoms with van der Waals surface area (Å²) in [5.41, 5.74) is 2.18. The fraction of sp³-hybridized carbons (Fsp3) is 0.381. The lowest BCUT2D eigenvalue weighted by molar-refractivity contribution is 0.340. The molecule has 6 heteroatoms. The summed E-state index contributed by atoms with van der Waals surface area (Å²) in [6.07, 6.45) is 0. The van der Waals surface area contributed by atoms with Gasteiger partial charge in [-0.3, -0.25) is 0 Å². The average molecular weight is 371 g/mol. The second kappa shape index (κ2) is 11.0. The van der Waals surface area contributed by atoms with E-state index in [4.69, 9.17) is 14.2 Å². The van der Waals surface area contributed by atoms with E-state index < -0.39 is 0 Å². The largest absolute Gasteiger partial charge is 0.494 e. The third-order valence-corrected chi connectivity index (χ3v) is 3.88. The minimum Gasteiger partial charge on any atom is -0.494 e. The standard InChI is InChI=1S/C21H29N3O3/c1-5-22-21(23-14-16-8-7-9-18(12-16)27-6-2)24-15-17-10-11-19(25-3)20(13-17)26-4/h7-13H,5-6,14-15H2,1-4H3,(H2,22,23,24). The molecule has 0 aliphatic heterocycles. The van der Waals surface area contributed by atoms with Gasteiger partial charge < -0.3 is 24.8 Å². The van der Waals surface area contributed by atoms with Gasteiger partial charge in [0.05, 0.1) is 27.4 Å². The topological polar surface area (TPSA) is 64.1 Å². The van der Waals surface area contributed by atoms with Gasteiger partial charge in [-0.25, -0.2) is 4.99 Å². The van der Waals surface area contributed by atoms with Crippen LogP contribution in [0.15, 0.2) is 47.5 Å². The number of benzene rings is 2. The van der Waals surface area contributed by atoms with E-state index in [1.54, 1.807) is 14.2 Å². The van der Waals surface area contributed by atoms with Gasteiger partial charge in [0.2, 0.25) is 0 Å². The highest BCUT2D eigenvalue weighted by Gasteiger charge is 2.05. The van der Waals surface area contributed by atoms with Gasteiger partial charge in [0.25, 0.3) is 0 Å². The fourth-order valence-corrected chi connectivity index (χ4v) is 2.59. The van der Waals surface area contributed by atoms with Crippen molar-refractivity contribution in [3.8, 4) is 17.2 Å². The summed E-state index contributed by atoms with van der Waals surface area (Å²) < 4.78 is 16.2. The molecule has 6 nitrogen and oxygen atoms in total. The van der Waals surface area contributed by atoms with E-state index in [-0.39, 0.29) is 0 Å². The minimum absolute atomic E-state index is 0.572. The van der Waals surface area contributed by atoms with Crippen LogP contribution in [0.4, 0.5) is 0 Å². The molecule has 0 heterocycles. The van der Waals surface area contributed by atoms with Crippen LogP contribution in [0.3, 0.4) is 0 Å². The van der Waals surface area contributed by atoms with E-state index in [1.807, 2.05) is 56.3 Å². The molecule has 0 bridgehead atoms. The van der Waals surface area contributed by atoms with Crippen LogP contribution in [0.5, 0.6) is 17.2 Å². The monoisotopic (exact) mass is 371 g/mol. The number of nitrogens with one attached hydrogen (secondary N) is 2. The van der Waals surface area contributed by atoms with E-state index in [1.165, 1.54) is 0 Å². The van der Waals surface area contributed by atoms with E-state index in [0.29, 0.717) is 25.4 Å². The first-order chi connectivity index (χ1) is 13.2. The number of nitrogens with zero attached hydrogens (tertiary/aromatic N) is 1. The maximum absolute atomic E-state index is 5.55. The molecule has 2 aromatic rings. The lowest BCUT2D eigenvalue weighted by Gasteiger charge is -2.13. The lowest BCUT2D eigenvalue weighted by Crippen LogP contribution is -2.36. The quantitative estimate of drug-likeness (QED) is 0.523. The van der Waals surface area contributed by atoms with Gasteiger partial charge in [0, 0.05) is 13.1 Å². The minimum atomic E-state index is 0.572. The van der Waals surface area contributed by atoms with E-state index in [9.17, 15) is 0 Å². The Hall–Kier alpha value is -2.89. The molecular weight excluding hydrogens is 342 g/mol. The van der Waals surface area contributed by atoms with Crippen LogP contribution in [0.25, 0.3) is 0 Å². The van der Waals surface area contributed by atoms with Gasteiger partial charge in [-0.2, -0.15) is 0 Å². The highest BCUT2D eigenvalue weighted by atomic mass is 16.5. The van der Waals surface area contributed by atoms with Crippen LogP contribution >= 0.6 is 0 Å². The molecule has 0 unspecified atom stereocenters. The van der Waals surface area contributed by atoms with E-state index in [0.717, 1.165) is 35.1 Å². The maximum Gasteiger partial charge on any atom is 0.191 e. The number of guanidine groups is 1. The number of ether oxygens (including phenoxy) is 3. The van der Waals surface area contributed by atoms with Crippen molar-refractivity contribution >= 4 is 5.96 Å². The molecule has 27 heavy (non-hydrogen) atoms. The van der Waals surface area contributed by atoms with Crippen LogP contribution in [-0.2, 0) is 13.1 Å². The third-order valence-electron chi connectivity index (χ3n) is 3.88. The Kier molecular flexibility index (Phi) is 8.29. The van der Waals surface area contributed by atoms with Crippen molar-refractivity contribution < 1.29 is 14.2 Å². The molecule has 0 aliphatic carbocycles. The van der Waals surface area contributed by atoms with Crippen molar-refractivity contribution in [1.29, 1.82) is 0 Å². The number of hydrogen-bond donors (Lipinski definition) is 2. The Balaban J connectivity index is 2.02. The summed E-state index contributed by atoms with van der Waals surface area (Å²) in [6, 6.07) is 13.9. The predicted molar refractivity (Wildman–Crippen MR) is 109 cm³/mol. The van der Waals surface area contributed by atoms with Gasteiger partial charge in [0.1, 0.15) is 5.75 Å². The molecule has 0 aromatic heterocycles. The highest BCUT2D eigenvalue weighted by molar-refractivity contribution is 5.79. The van der Waals surface area contributed by atoms with Crippen molar-refractivity contribution in [2.75, 3.05) is 27.4 Å². The maximum atomic E-state index is 5.55. The number of methoxy groups -OCH3 is 2. The first kappa shape index (κ1) is 20.4. The van der Waals surface area contributed by atoms with Crippen molar-refractivity contribution in [2.45, 2.75) is 26.9 Å². The van der Waals surface area contributed by atoms with Crippen molar-refractivity contribution in [3.63, 3.8) is 0 Å². The summed E-state index contributed by atoms with van der Waals surface area (Å²) >= 11 is 0. The molecule has 0 saturated heterocycles. The van der Waals surface area contributed by atoms with Crippen LogP contribution < -0.4 is 24.8 Å². The van der Waals surface area contributed by atoms with Crippen molar-refractivity contribution in [2.24, 2.45) is 4.99 Å². The Morgan fingerprint density at radius 3 is 2.44 bits per heavy atom. The molecule has 0 aliphatic rings. The zero-order valence-electron chi connectivity index (χ0n) is 16.5. The molecule has 0 saturated carbocycles. The molecule has 0 amide bonds. The number of aliphatic imine (C=N–C) groups is 1. The third kappa shape index (κ3) is 6.40. The molecule has 0 spiro atoms. The molecule has 0 radical (unpaired) electrons. The first-order valence-electron chi connectivity index (χ1n) is 9.15. The molecule has 146 valence electrons. The molecule has 0 atom stereocenters. The van der Waals surface area contributed by atoms with E-state index >= 15 is 0 Å². The van der Waals surface area contributed by atoms with Crippen LogP contribution in [-0.4, -0.2) is 33.3 Å². The van der Waals surface area contributed by atoms with Gasteiger partial charge in [-0.15, -0.1) is 0 Å². The second-order valence-electron chi connectivity index (χ2n) is 5.82. The smallest absolute Gasteiger partial charge is 0.191 e. The van der Waals surface area contributed by atoms with Crippen LogP contribution in [0.1, 0.15) is 25.0 Å². The van der Waals surface area contributed by atoms with Crippen molar-refractivity contribution in [1.82, 2.24) is 10.6 Å². The molecule has 2 aromatic carbocycles. The van der Waals surface area contributed by atoms with Gasteiger partial charge in [-0.05, 0) is 49.2 Å². The summed E-state index contributed by atoms with van der Waals surface area (Å²) in [6.45, 7) is 6.67. The SMILES string of the molecule is CCNC(=NCc1cccc(OCC)c1)NCc1ccc(OC)c(OC)c1. The Bertz CT molecular complexity index is 747. The Morgan fingerprint density at radius 1 is 0.926 bits per heavy atom. The molecular formula is C21H29N3O3. The summed E-state index contributed by atoms with van der Waals surface area (Å²) in [4.78, 5) is 4.66. The Morgan fingerprint density at radius 2 is 1.74 bits per heavy atom. The van der Waals surface area contributed by atoms with Crippen LogP contribution in [0, 0.1) is 0 Å². The van der Waals surface area contributed by atoms with Crippen molar-refractivity contribution in [3.05, 3.63) is 53.6 Å². The summed E-state index contributed by atoms with van der Waals surface area (Å²) in [5.74, 6) is 3.06. The highest BCUT2D eigenvalue weighted by Crippen LogP contribution is 2.27. The molecule has 2 rings (SSSR count). The average Bonchev–Trinajstić information content (AvgIpc) is 2.70. The van der Waals surface area contributed by atoms with E-state index in [2.05, 4.69) is 15.6 Å². The zero-order chi connectivity index (χ0) is 19.5. The predicted octanol–water partition coefficient (Wildman–Crippen LogP) is 3.36.